The van der Waals surface area contributed by atoms with Crippen LogP contribution >= 0.6 is 0 Å². The van der Waals surface area contributed by atoms with E-state index >= 15 is 0 Å². The Morgan fingerprint density at radius 2 is 1.94 bits per heavy atom. The fourth-order valence-electron chi connectivity index (χ4n) is 3.60. The quantitative estimate of drug-likeness (QED) is 0.523. The highest BCUT2D eigenvalue weighted by Gasteiger charge is 2.15. The lowest BCUT2D eigenvalue weighted by atomic mass is 10.1. The van der Waals surface area contributed by atoms with Crippen molar-refractivity contribution in [2.75, 3.05) is 31.1 Å². The summed E-state index contributed by atoms with van der Waals surface area (Å²) in [7, 11) is 1.81. The Morgan fingerprint density at radius 3 is 2.59 bits per heavy atom. The maximum Gasteiger partial charge on any atom is 0.411 e. The van der Waals surface area contributed by atoms with Crippen molar-refractivity contribution in [2.45, 2.75) is 26.7 Å². The maximum atomic E-state index is 12.4. The number of rotatable bonds is 10. The van der Waals surface area contributed by atoms with E-state index in [1.54, 1.807) is 27.8 Å². The highest BCUT2D eigenvalue weighted by molar-refractivity contribution is 5.86. The molecule has 0 spiro atoms. The summed E-state index contributed by atoms with van der Waals surface area (Å²) >= 11 is 0. The minimum atomic E-state index is -0.988. The van der Waals surface area contributed by atoms with Crippen LogP contribution in [0.1, 0.15) is 31.5 Å². The smallest absolute Gasteiger partial charge is 0.411 e. The molecule has 9 heteroatoms. The molecule has 0 unspecified atom stereocenters. The predicted molar refractivity (Wildman–Crippen MR) is 124 cm³/mol. The second kappa shape index (κ2) is 10.7. The fourth-order valence-corrected chi connectivity index (χ4v) is 3.60. The summed E-state index contributed by atoms with van der Waals surface area (Å²) < 4.78 is 3.28. The van der Waals surface area contributed by atoms with Crippen molar-refractivity contribution in [1.29, 1.82) is 0 Å². The van der Waals surface area contributed by atoms with E-state index in [9.17, 15) is 14.7 Å². The summed E-state index contributed by atoms with van der Waals surface area (Å²) in [5.74, 6) is 0. The molecule has 1 aromatic carbocycles. The van der Waals surface area contributed by atoms with Gasteiger partial charge in [-0.1, -0.05) is 26.0 Å². The summed E-state index contributed by atoms with van der Waals surface area (Å²) in [6.07, 6.45) is 5.16. The lowest BCUT2D eigenvalue weighted by Gasteiger charge is -2.23. The number of benzene rings is 1. The van der Waals surface area contributed by atoms with Crippen LogP contribution in [-0.2, 0) is 13.5 Å². The Labute approximate surface area is 187 Å². The number of nitrogens with zero attached hydrogens (tertiary/aromatic N) is 6. The Morgan fingerprint density at radius 1 is 1.16 bits per heavy atom. The first-order valence-corrected chi connectivity index (χ1v) is 10.8. The molecule has 1 N–H and O–H groups in total. The molecule has 2 heterocycles. The van der Waals surface area contributed by atoms with Crippen LogP contribution in [0.25, 0.3) is 5.69 Å². The SMILES string of the molecule is CCN(CC)CCCN(C(=O)O)c1cccc(Cc2nn(-c3cnn(C)c3)ccc2=O)c1. The molecule has 0 saturated heterocycles. The fraction of sp³-hybridized carbons (Fsp3) is 0.391. The van der Waals surface area contributed by atoms with Crippen LogP contribution in [0.2, 0.25) is 0 Å². The van der Waals surface area contributed by atoms with Gasteiger partial charge in [0, 0.05) is 38.0 Å². The van der Waals surface area contributed by atoms with Gasteiger partial charge in [-0.2, -0.15) is 10.2 Å². The van der Waals surface area contributed by atoms with Crippen molar-refractivity contribution in [3.63, 3.8) is 0 Å². The predicted octanol–water partition coefficient (Wildman–Crippen LogP) is 2.77. The molecule has 0 aliphatic heterocycles. The molecule has 0 radical (unpaired) electrons. The first kappa shape index (κ1) is 23.2. The van der Waals surface area contributed by atoms with E-state index in [0.717, 1.165) is 37.3 Å². The molecule has 9 nitrogen and oxygen atoms in total. The van der Waals surface area contributed by atoms with Crippen molar-refractivity contribution in [3.05, 3.63) is 70.4 Å². The zero-order valence-electron chi connectivity index (χ0n) is 18.8. The highest BCUT2D eigenvalue weighted by Crippen LogP contribution is 2.18. The number of hydrogen-bond donors (Lipinski definition) is 1. The zero-order valence-corrected chi connectivity index (χ0v) is 18.8. The first-order chi connectivity index (χ1) is 15.4. The van der Waals surface area contributed by atoms with Crippen LogP contribution < -0.4 is 10.3 Å². The average molecular weight is 439 g/mol. The molecule has 0 atom stereocenters. The Balaban J connectivity index is 1.78. The van der Waals surface area contributed by atoms with Crippen molar-refractivity contribution in [3.8, 4) is 5.69 Å². The van der Waals surface area contributed by atoms with Gasteiger partial charge in [0.25, 0.3) is 0 Å². The van der Waals surface area contributed by atoms with Gasteiger partial charge in [-0.3, -0.25) is 14.4 Å². The number of aromatic nitrogens is 4. The molecule has 0 saturated carbocycles. The average Bonchev–Trinajstić information content (AvgIpc) is 3.21. The second-order valence-corrected chi connectivity index (χ2v) is 7.60. The van der Waals surface area contributed by atoms with Crippen LogP contribution in [0.4, 0.5) is 10.5 Å². The largest absolute Gasteiger partial charge is 0.465 e. The standard InChI is InChI=1S/C23H30N6O3/c1-4-27(5-2)11-7-12-28(23(31)32)19-9-6-8-18(14-19)15-21-22(30)10-13-29(25-21)20-16-24-26(3)17-20/h6,8-10,13-14,16-17H,4-5,7,11-12,15H2,1-3H3,(H,31,32). The zero-order chi connectivity index (χ0) is 23.1. The number of carbonyl (C=O) groups is 1. The third-order valence-electron chi connectivity index (χ3n) is 5.41. The van der Waals surface area contributed by atoms with Gasteiger partial charge in [-0.05, 0) is 43.8 Å². The molecule has 3 rings (SSSR count). The molecule has 3 aromatic rings. The summed E-state index contributed by atoms with van der Waals surface area (Å²) in [6, 6.07) is 8.76. The lowest BCUT2D eigenvalue weighted by Crippen LogP contribution is -2.33. The molecular formula is C23H30N6O3. The number of hydrogen-bond acceptors (Lipinski definition) is 5. The van der Waals surface area contributed by atoms with Gasteiger partial charge in [-0.15, -0.1) is 0 Å². The lowest BCUT2D eigenvalue weighted by molar-refractivity contribution is 0.201. The van der Waals surface area contributed by atoms with Gasteiger partial charge in [0.2, 0.25) is 5.43 Å². The molecule has 2 aromatic heterocycles. The van der Waals surface area contributed by atoms with Gasteiger partial charge in [0.05, 0.1) is 12.4 Å². The van der Waals surface area contributed by atoms with Crippen LogP contribution in [0.15, 0.2) is 53.7 Å². The minimum Gasteiger partial charge on any atom is -0.465 e. The third-order valence-corrected chi connectivity index (χ3v) is 5.41. The second-order valence-electron chi connectivity index (χ2n) is 7.60. The maximum absolute atomic E-state index is 12.4. The number of amides is 1. The van der Waals surface area contributed by atoms with Crippen LogP contribution in [0.3, 0.4) is 0 Å². The van der Waals surface area contributed by atoms with Gasteiger partial charge in [-0.25, -0.2) is 9.48 Å². The first-order valence-electron chi connectivity index (χ1n) is 10.8. The normalized spacial score (nSPS) is 11.1. The van der Waals surface area contributed by atoms with Gasteiger partial charge < -0.3 is 10.0 Å². The summed E-state index contributed by atoms with van der Waals surface area (Å²) in [5.41, 5.74) is 2.40. The summed E-state index contributed by atoms with van der Waals surface area (Å²) in [5, 5.41) is 18.3. The molecule has 1 amide bonds. The van der Waals surface area contributed by atoms with Gasteiger partial charge >= 0.3 is 6.09 Å². The highest BCUT2D eigenvalue weighted by atomic mass is 16.4. The van der Waals surface area contributed by atoms with Crippen LogP contribution in [0, 0.1) is 0 Å². The minimum absolute atomic E-state index is 0.162. The molecule has 170 valence electrons. The van der Waals surface area contributed by atoms with Crippen molar-refractivity contribution >= 4 is 11.8 Å². The number of anilines is 1. The Hall–Kier alpha value is -3.46. The monoisotopic (exact) mass is 438 g/mol. The van der Waals surface area contributed by atoms with Crippen molar-refractivity contribution < 1.29 is 9.90 Å². The van der Waals surface area contributed by atoms with E-state index < -0.39 is 6.09 Å². The van der Waals surface area contributed by atoms with Gasteiger partial charge in [0.15, 0.2) is 0 Å². The van der Waals surface area contributed by atoms with E-state index in [1.165, 1.54) is 11.0 Å². The molecule has 32 heavy (non-hydrogen) atoms. The molecule has 0 aliphatic carbocycles. The van der Waals surface area contributed by atoms with Crippen LogP contribution in [0.5, 0.6) is 0 Å². The summed E-state index contributed by atoms with van der Waals surface area (Å²) in [4.78, 5) is 27.9. The topological polar surface area (TPSA) is 96.5 Å². The van der Waals surface area contributed by atoms with Gasteiger partial charge in [0.1, 0.15) is 11.4 Å². The molecule has 0 fully saturated rings. The molecular weight excluding hydrogens is 408 g/mol. The van der Waals surface area contributed by atoms with E-state index in [2.05, 4.69) is 28.9 Å². The Bertz CT molecular complexity index is 1100. The summed E-state index contributed by atoms with van der Waals surface area (Å²) in [6.45, 7) is 7.34. The van der Waals surface area contributed by atoms with E-state index in [1.807, 2.05) is 31.4 Å². The van der Waals surface area contributed by atoms with Crippen molar-refractivity contribution in [1.82, 2.24) is 24.5 Å². The third kappa shape index (κ3) is 5.82. The van der Waals surface area contributed by atoms with Crippen LogP contribution in [-0.4, -0.2) is 61.8 Å². The number of aryl methyl sites for hydroxylation is 1. The van der Waals surface area contributed by atoms with E-state index in [-0.39, 0.29) is 5.43 Å². The van der Waals surface area contributed by atoms with E-state index in [0.29, 0.717) is 24.3 Å². The van der Waals surface area contributed by atoms with E-state index in [4.69, 9.17) is 0 Å². The number of carboxylic acid groups (broad SMARTS) is 1. The molecule has 0 aliphatic rings. The Kier molecular flexibility index (Phi) is 7.77. The van der Waals surface area contributed by atoms with Crippen molar-refractivity contribution in [2.24, 2.45) is 7.05 Å². The molecule has 0 bridgehead atoms.